The van der Waals surface area contributed by atoms with Crippen LogP contribution in [0.5, 0.6) is 11.5 Å². The Morgan fingerprint density at radius 3 is 2.23 bits per heavy atom. The van der Waals surface area contributed by atoms with Crippen LogP contribution in [0.15, 0.2) is 12.1 Å². The highest BCUT2D eigenvalue weighted by atomic mass is 19.1. The summed E-state index contributed by atoms with van der Waals surface area (Å²) in [5.74, 6) is -0.749. The van der Waals surface area contributed by atoms with Crippen molar-refractivity contribution in [3.8, 4) is 11.5 Å². The molecule has 0 bridgehead atoms. The van der Waals surface area contributed by atoms with Crippen molar-refractivity contribution in [3.63, 3.8) is 0 Å². The second-order valence-corrected chi connectivity index (χ2v) is 6.45. The predicted molar refractivity (Wildman–Crippen MR) is 93.0 cm³/mol. The summed E-state index contributed by atoms with van der Waals surface area (Å²) in [6, 6.07) is 1.46. The highest BCUT2D eigenvalue weighted by Crippen LogP contribution is 2.30. The van der Waals surface area contributed by atoms with Gasteiger partial charge in [0.15, 0.2) is 11.5 Å². The fourth-order valence-electron chi connectivity index (χ4n) is 2.16. The summed E-state index contributed by atoms with van der Waals surface area (Å²) in [5.41, 5.74) is -0.575. The number of amides is 1. The first-order valence-electron chi connectivity index (χ1n) is 8.17. The fraction of sp³-hybridized carbons (Fsp3) is 0.556. The third-order valence-corrected chi connectivity index (χ3v) is 3.24. The van der Waals surface area contributed by atoms with E-state index in [4.69, 9.17) is 18.9 Å². The quantitative estimate of drug-likeness (QED) is 0.742. The first-order valence-corrected chi connectivity index (χ1v) is 8.17. The molecule has 1 aromatic carbocycles. The van der Waals surface area contributed by atoms with Gasteiger partial charge in [-0.25, -0.2) is 14.0 Å². The van der Waals surface area contributed by atoms with Crippen molar-refractivity contribution < 1.29 is 32.9 Å². The van der Waals surface area contributed by atoms with Crippen molar-refractivity contribution in [1.82, 2.24) is 5.32 Å². The molecule has 8 heteroatoms. The molecule has 26 heavy (non-hydrogen) atoms. The third-order valence-electron chi connectivity index (χ3n) is 3.24. The van der Waals surface area contributed by atoms with Gasteiger partial charge in [-0.05, 0) is 39.3 Å². The summed E-state index contributed by atoms with van der Waals surface area (Å²) in [7, 11) is 2.81. The fourth-order valence-corrected chi connectivity index (χ4v) is 2.16. The van der Waals surface area contributed by atoms with Crippen LogP contribution in [-0.4, -0.2) is 44.5 Å². The molecular formula is C18H26FNO6. The average Bonchev–Trinajstić information content (AvgIpc) is 2.53. The lowest BCUT2D eigenvalue weighted by molar-refractivity contribution is -0.145. The molecule has 0 aromatic heterocycles. The second-order valence-electron chi connectivity index (χ2n) is 6.45. The largest absolute Gasteiger partial charge is 0.493 e. The minimum atomic E-state index is -1.11. The normalized spacial score (nSPS) is 12.1. The van der Waals surface area contributed by atoms with Crippen molar-refractivity contribution in [2.24, 2.45) is 0 Å². The van der Waals surface area contributed by atoms with Crippen molar-refractivity contribution in [2.45, 2.75) is 45.8 Å². The monoisotopic (exact) mass is 371 g/mol. The van der Waals surface area contributed by atoms with Crippen molar-refractivity contribution >= 4 is 12.1 Å². The van der Waals surface area contributed by atoms with Crippen molar-refractivity contribution in [2.75, 3.05) is 20.8 Å². The molecule has 0 fully saturated rings. The van der Waals surface area contributed by atoms with Gasteiger partial charge in [-0.2, -0.15) is 0 Å². The van der Waals surface area contributed by atoms with E-state index in [0.717, 1.165) is 6.07 Å². The molecule has 0 aliphatic heterocycles. The summed E-state index contributed by atoms with van der Waals surface area (Å²) < 4.78 is 34.6. The zero-order valence-electron chi connectivity index (χ0n) is 16.0. The van der Waals surface area contributed by atoms with E-state index in [0.29, 0.717) is 5.75 Å². The van der Waals surface area contributed by atoms with E-state index in [-0.39, 0.29) is 24.3 Å². The number of halogens is 1. The number of methoxy groups -OCH3 is 2. The number of nitrogens with one attached hydrogen (secondary N) is 1. The van der Waals surface area contributed by atoms with Crippen molar-refractivity contribution in [1.29, 1.82) is 0 Å². The predicted octanol–water partition coefficient (Wildman–Crippen LogP) is 2.84. The maximum Gasteiger partial charge on any atom is 0.408 e. The molecule has 1 aromatic rings. The summed E-state index contributed by atoms with van der Waals surface area (Å²) in [6.07, 6.45) is -0.930. The van der Waals surface area contributed by atoms with Gasteiger partial charge in [0.05, 0.1) is 20.8 Å². The smallest absolute Gasteiger partial charge is 0.408 e. The van der Waals surface area contributed by atoms with E-state index in [1.807, 2.05) is 0 Å². The van der Waals surface area contributed by atoms with E-state index in [1.54, 1.807) is 27.7 Å². The molecular weight excluding hydrogens is 345 g/mol. The van der Waals surface area contributed by atoms with Gasteiger partial charge in [0.1, 0.15) is 17.5 Å². The molecule has 0 aliphatic carbocycles. The number of carbonyl (C=O) groups excluding carboxylic acids is 2. The number of hydrogen-bond donors (Lipinski definition) is 1. The molecule has 0 saturated heterocycles. The Morgan fingerprint density at radius 1 is 1.15 bits per heavy atom. The van der Waals surface area contributed by atoms with Crippen LogP contribution >= 0.6 is 0 Å². The van der Waals surface area contributed by atoms with Crippen LogP contribution in [0.3, 0.4) is 0 Å². The Balaban J connectivity index is 3.06. The molecule has 0 unspecified atom stereocenters. The molecule has 0 aliphatic rings. The number of alkyl carbamates (subject to hydrolysis) is 1. The van der Waals surface area contributed by atoms with Gasteiger partial charge in [0, 0.05) is 12.5 Å². The average molecular weight is 371 g/mol. The van der Waals surface area contributed by atoms with Gasteiger partial charge in [0.2, 0.25) is 0 Å². The number of hydrogen-bond acceptors (Lipinski definition) is 6. The Kier molecular flexibility index (Phi) is 7.67. The van der Waals surface area contributed by atoms with E-state index < -0.39 is 29.5 Å². The number of carbonyl (C=O) groups is 2. The van der Waals surface area contributed by atoms with Crippen LogP contribution < -0.4 is 14.8 Å². The summed E-state index contributed by atoms with van der Waals surface area (Å²) in [4.78, 5) is 24.2. The molecule has 1 rings (SSSR count). The Bertz CT molecular complexity index is 641. The van der Waals surface area contributed by atoms with Crippen LogP contribution in [0.2, 0.25) is 0 Å². The molecule has 1 atom stereocenters. The molecule has 0 heterocycles. The number of benzene rings is 1. The highest BCUT2D eigenvalue weighted by molar-refractivity contribution is 5.81. The topological polar surface area (TPSA) is 83.1 Å². The van der Waals surface area contributed by atoms with E-state index in [9.17, 15) is 14.0 Å². The summed E-state index contributed by atoms with van der Waals surface area (Å²) >= 11 is 0. The molecule has 0 saturated carbocycles. The molecule has 146 valence electrons. The summed E-state index contributed by atoms with van der Waals surface area (Å²) in [5, 5.41) is 2.43. The zero-order chi connectivity index (χ0) is 19.9. The van der Waals surface area contributed by atoms with E-state index in [2.05, 4.69) is 5.32 Å². The van der Waals surface area contributed by atoms with Crippen LogP contribution in [0.25, 0.3) is 0 Å². The lowest BCUT2D eigenvalue weighted by Crippen LogP contribution is -2.45. The lowest BCUT2D eigenvalue weighted by Gasteiger charge is -2.23. The minimum Gasteiger partial charge on any atom is -0.493 e. The number of rotatable bonds is 7. The van der Waals surface area contributed by atoms with Crippen LogP contribution in [0, 0.1) is 5.82 Å². The SMILES string of the molecule is CCOC(=O)[C@H](Cc1cc(OC)c(OC)cc1F)NC(=O)OC(C)(C)C. The molecule has 1 N–H and O–H groups in total. The van der Waals surface area contributed by atoms with Crippen molar-refractivity contribution in [3.05, 3.63) is 23.5 Å². The van der Waals surface area contributed by atoms with E-state index >= 15 is 0 Å². The Hall–Kier alpha value is -2.51. The molecule has 1 amide bonds. The van der Waals surface area contributed by atoms with Gasteiger partial charge >= 0.3 is 12.1 Å². The molecule has 0 spiro atoms. The first-order chi connectivity index (χ1) is 12.1. The van der Waals surface area contributed by atoms with E-state index in [1.165, 1.54) is 20.3 Å². The van der Waals surface area contributed by atoms with Crippen LogP contribution in [0.4, 0.5) is 9.18 Å². The maximum absolute atomic E-state index is 14.3. The third kappa shape index (κ3) is 6.42. The first kappa shape index (κ1) is 21.5. The Morgan fingerprint density at radius 2 is 1.73 bits per heavy atom. The molecule has 7 nitrogen and oxygen atoms in total. The Labute approximate surface area is 152 Å². The number of esters is 1. The van der Waals surface area contributed by atoms with Gasteiger partial charge in [-0.15, -0.1) is 0 Å². The van der Waals surface area contributed by atoms with Gasteiger partial charge in [-0.1, -0.05) is 0 Å². The van der Waals surface area contributed by atoms with Gasteiger partial charge in [-0.3, -0.25) is 0 Å². The van der Waals surface area contributed by atoms with Crippen LogP contribution in [-0.2, 0) is 20.7 Å². The second kappa shape index (κ2) is 9.26. The highest BCUT2D eigenvalue weighted by Gasteiger charge is 2.27. The standard InChI is InChI=1S/C18H26FNO6/c1-7-25-16(21)13(20-17(22)26-18(2,3)4)8-11-9-14(23-5)15(24-6)10-12(11)19/h9-10,13H,7-8H2,1-6H3,(H,20,22)/t13-/m0/s1. The van der Waals surface area contributed by atoms with Gasteiger partial charge < -0.3 is 24.3 Å². The molecule has 0 radical (unpaired) electrons. The minimum absolute atomic E-state index is 0.125. The number of ether oxygens (including phenoxy) is 4. The maximum atomic E-state index is 14.3. The zero-order valence-corrected chi connectivity index (χ0v) is 16.0. The van der Waals surface area contributed by atoms with Gasteiger partial charge in [0.25, 0.3) is 0 Å². The lowest BCUT2D eigenvalue weighted by atomic mass is 10.0. The van der Waals surface area contributed by atoms with Crippen LogP contribution in [0.1, 0.15) is 33.3 Å². The summed E-state index contributed by atoms with van der Waals surface area (Å²) in [6.45, 7) is 6.85.